The molecule has 0 unspecified atom stereocenters. The molecule has 1 aromatic rings. The lowest BCUT2D eigenvalue weighted by atomic mass is 9.93. The van der Waals surface area contributed by atoms with Gasteiger partial charge in [0, 0.05) is 33.2 Å². The third-order valence-corrected chi connectivity index (χ3v) is 3.40. The monoisotopic (exact) mass is 269 g/mol. The van der Waals surface area contributed by atoms with E-state index in [4.69, 9.17) is 14.0 Å². The van der Waals surface area contributed by atoms with Crippen LogP contribution in [0.3, 0.4) is 0 Å². The lowest BCUT2D eigenvalue weighted by molar-refractivity contribution is -0.101. The van der Waals surface area contributed by atoms with Crippen molar-refractivity contribution in [1.82, 2.24) is 15.5 Å². The molecular weight excluding hydrogens is 246 g/mol. The molecule has 0 amide bonds. The number of hydrogen-bond acceptors (Lipinski definition) is 6. The summed E-state index contributed by atoms with van der Waals surface area (Å²) in [5.41, 5.74) is -0.446. The number of nitrogens with one attached hydrogen (secondary N) is 1. The fourth-order valence-electron chi connectivity index (χ4n) is 2.20. The van der Waals surface area contributed by atoms with E-state index in [0.717, 1.165) is 19.4 Å². The molecule has 6 heteroatoms. The first-order valence-corrected chi connectivity index (χ1v) is 6.83. The highest BCUT2D eigenvalue weighted by Crippen LogP contribution is 2.33. The molecule has 0 aliphatic carbocycles. The molecule has 19 heavy (non-hydrogen) atoms. The van der Waals surface area contributed by atoms with Crippen molar-refractivity contribution >= 4 is 0 Å². The molecule has 0 saturated carbocycles. The number of methoxy groups -OCH3 is 1. The Morgan fingerprint density at radius 1 is 1.37 bits per heavy atom. The van der Waals surface area contributed by atoms with E-state index in [2.05, 4.69) is 29.3 Å². The summed E-state index contributed by atoms with van der Waals surface area (Å²) in [7, 11) is 1.69. The second-order valence-electron chi connectivity index (χ2n) is 5.35. The molecule has 1 aliphatic heterocycles. The first kappa shape index (κ1) is 14.4. The number of hydrogen-bond donors (Lipinski definition) is 1. The summed E-state index contributed by atoms with van der Waals surface area (Å²) in [4.78, 5) is 4.45. The molecule has 0 spiro atoms. The zero-order valence-corrected chi connectivity index (χ0v) is 11.9. The Morgan fingerprint density at radius 2 is 2.11 bits per heavy atom. The Morgan fingerprint density at radius 3 is 2.74 bits per heavy atom. The van der Waals surface area contributed by atoms with Crippen LogP contribution < -0.4 is 5.32 Å². The predicted molar refractivity (Wildman–Crippen MR) is 69.6 cm³/mol. The van der Waals surface area contributed by atoms with Gasteiger partial charge in [0.05, 0.1) is 6.54 Å². The molecule has 6 nitrogen and oxygen atoms in total. The Balaban J connectivity index is 1.98. The second kappa shape index (κ2) is 6.45. The molecule has 1 saturated heterocycles. The van der Waals surface area contributed by atoms with Crippen molar-refractivity contribution < 1.29 is 14.0 Å². The minimum absolute atomic E-state index is 0.446. The maximum Gasteiger partial charge on any atom is 0.240 e. The van der Waals surface area contributed by atoms with Gasteiger partial charge in [-0.2, -0.15) is 4.98 Å². The summed E-state index contributed by atoms with van der Waals surface area (Å²) in [6, 6.07) is 0. The van der Waals surface area contributed by atoms with Crippen LogP contribution in [0, 0.1) is 5.92 Å². The number of ether oxygens (including phenoxy) is 2. The number of aromatic nitrogens is 2. The minimum atomic E-state index is -0.446. The third-order valence-electron chi connectivity index (χ3n) is 3.40. The summed E-state index contributed by atoms with van der Waals surface area (Å²) in [6.07, 6.45) is 1.53. The summed E-state index contributed by atoms with van der Waals surface area (Å²) in [6.45, 7) is 7.19. The van der Waals surface area contributed by atoms with Gasteiger partial charge in [-0.15, -0.1) is 0 Å². The van der Waals surface area contributed by atoms with Crippen LogP contribution in [0.5, 0.6) is 0 Å². The van der Waals surface area contributed by atoms with Crippen molar-refractivity contribution in [3.8, 4) is 0 Å². The van der Waals surface area contributed by atoms with Crippen molar-refractivity contribution in [3.05, 3.63) is 11.7 Å². The van der Waals surface area contributed by atoms with Crippen LogP contribution in [0.25, 0.3) is 0 Å². The van der Waals surface area contributed by atoms with Gasteiger partial charge < -0.3 is 19.3 Å². The maximum atomic E-state index is 5.64. The fraction of sp³-hybridized carbons (Fsp3) is 0.846. The first-order valence-electron chi connectivity index (χ1n) is 6.83. The fourth-order valence-corrected chi connectivity index (χ4v) is 2.20. The molecule has 0 radical (unpaired) electrons. The zero-order chi connectivity index (χ0) is 13.7. The summed E-state index contributed by atoms with van der Waals surface area (Å²) in [5.74, 6) is 1.85. The highest BCUT2D eigenvalue weighted by atomic mass is 16.5. The smallest absolute Gasteiger partial charge is 0.240 e. The first-order chi connectivity index (χ1) is 9.16. The van der Waals surface area contributed by atoms with Gasteiger partial charge >= 0.3 is 0 Å². The van der Waals surface area contributed by atoms with Crippen molar-refractivity contribution in [2.75, 3.05) is 26.9 Å². The largest absolute Gasteiger partial charge is 0.381 e. The highest BCUT2D eigenvalue weighted by Gasteiger charge is 2.39. The van der Waals surface area contributed by atoms with E-state index in [0.29, 0.717) is 37.4 Å². The van der Waals surface area contributed by atoms with Crippen LogP contribution in [-0.2, 0) is 21.6 Å². The summed E-state index contributed by atoms with van der Waals surface area (Å²) >= 11 is 0. The standard InChI is InChI=1S/C13H23N3O3/c1-10(2)8-14-9-11-15-12(16-19-11)13(17-3)4-6-18-7-5-13/h10,14H,4-9H2,1-3H3. The van der Waals surface area contributed by atoms with Crippen molar-refractivity contribution in [1.29, 1.82) is 0 Å². The average molecular weight is 269 g/mol. The molecular formula is C13H23N3O3. The van der Waals surface area contributed by atoms with Crippen LogP contribution in [-0.4, -0.2) is 37.0 Å². The van der Waals surface area contributed by atoms with Crippen molar-refractivity contribution in [3.63, 3.8) is 0 Å². The molecule has 108 valence electrons. The summed E-state index contributed by atoms with van der Waals surface area (Å²) < 4.78 is 16.3. The van der Waals surface area contributed by atoms with E-state index in [1.54, 1.807) is 7.11 Å². The number of rotatable bonds is 6. The molecule has 1 aliphatic rings. The molecule has 2 heterocycles. The van der Waals surface area contributed by atoms with Crippen LogP contribution in [0.15, 0.2) is 4.52 Å². The Labute approximate surface area is 113 Å². The van der Waals surface area contributed by atoms with Gasteiger partial charge in [0.25, 0.3) is 0 Å². The molecule has 0 aromatic carbocycles. The van der Waals surface area contributed by atoms with Gasteiger partial charge in [0.15, 0.2) is 0 Å². The lowest BCUT2D eigenvalue weighted by Gasteiger charge is -2.32. The minimum Gasteiger partial charge on any atom is -0.381 e. The zero-order valence-electron chi connectivity index (χ0n) is 11.9. The normalized spacial score (nSPS) is 18.9. The van der Waals surface area contributed by atoms with Gasteiger partial charge in [-0.1, -0.05) is 19.0 Å². The van der Waals surface area contributed by atoms with E-state index in [-0.39, 0.29) is 0 Å². The topological polar surface area (TPSA) is 69.4 Å². The Bertz CT molecular complexity index is 386. The molecule has 2 rings (SSSR count). The molecule has 0 bridgehead atoms. The second-order valence-corrected chi connectivity index (χ2v) is 5.35. The third kappa shape index (κ3) is 3.52. The summed E-state index contributed by atoms with van der Waals surface area (Å²) in [5, 5.41) is 7.36. The molecule has 1 aromatic heterocycles. The SMILES string of the molecule is COC1(c2noc(CNCC(C)C)n2)CCOCC1. The van der Waals surface area contributed by atoms with Crippen molar-refractivity contribution in [2.45, 2.75) is 38.8 Å². The quantitative estimate of drug-likeness (QED) is 0.843. The van der Waals surface area contributed by atoms with E-state index in [1.807, 2.05) is 0 Å². The van der Waals surface area contributed by atoms with E-state index >= 15 is 0 Å². The number of nitrogens with zero attached hydrogens (tertiary/aromatic N) is 2. The van der Waals surface area contributed by atoms with Gasteiger partial charge in [-0.25, -0.2) is 0 Å². The average Bonchev–Trinajstić information content (AvgIpc) is 2.88. The maximum absolute atomic E-state index is 5.64. The molecule has 0 atom stereocenters. The Hall–Kier alpha value is -0.980. The highest BCUT2D eigenvalue weighted by molar-refractivity contribution is 5.03. The van der Waals surface area contributed by atoms with E-state index in [9.17, 15) is 0 Å². The van der Waals surface area contributed by atoms with Crippen LogP contribution >= 0.6 is 0 Å². The van der Waals surface area contributed by atoms with Crippen LogP contribution in [0.1, 0.15) is 38.4 Å². The van der Waals surface area contributed by atoms with E-state index < -0.39 is 5.60 Å². The Kier molecular flexibility index (Phi) is 4.90. The predicted octanol–water partition coefficient (Wildman–Crippen LogP) is 1.47. The van der Waals surface area contributed by atoms with Crippen LogP contribution in [0.4, 0.5) is 0 Å². The van der Waals surface area contributed by atoms with Crippen molar-refractivity contribution in [2.24, 2.45) is 5.92 Å². The molecule has 1 fully saturated rings. The van der Waals surface area contributed by atoms with Crippen LogP contribution in [0.2, 0.25) is 0 Å². The van der Waals surface area contributed by atoms with Gasteiger partial charge in [-0.3, -0.25) is 0 Å². The van der Waals surface area contributed by atoms with Gasteiger partial charge in [-0.05, 0) is 12.5 Å². The van der Waals surface area contributed by atoms with Gasteiger partial charge in [0.2, 0.25) is 11.7 Å². The van der Waals surface area contributed by atoms with E-state index in [1.165, 1.54) is 0 Å². The molecule has 1 N–H and O–H groups in total. The van der Waals surface area contributed by atoms with Gasteiger partial charge in [0.1, 0.15) is 5.60 Å². The lowest BCUT2D eigenvalue weighted by Crippen LogP contribution is -2.36.